The number of nitrogens with zero attached hydrogens (tertiary/aromatic N) is 1. The summed E-state index contributed by atoms with van der Waals surface area (Å²) < 4.78 is 5.50. The van der Waals surface area contributed by atoms with Crippen molar-refractivity contribution in [1.29, 1.82) is 0 Å². The van der Waals surface area contributed by atoms with Crippen LogP contribution in [0.5, 0.6) is 5.75 Å². The Morgan fingerprint density at radius 2 is 2.10 bits per heavy atom. The molecule has 2 fully saturated rings. The van der Waals surface area contributed by atoms with Crippen molar-refractivity contribution in [3.63, 3.8) is 0 Å². The number of rotatable bonds is 3. The maximum absolute atomic E-state index is 12.2. The summed E-state index contributed by atoms with van der Waals surface area (Å²) in [6.45, 7) is 1.38. The van der Waals surface area contributed by atoms with E-state index in [1.807, 2.05) is 35.2 Å². The summed E-state index contributed by atoms with van der Waals surface area (Å²) in [6, 6.07) is 9.45. The molecular formula is C16H20N2O3. The lowest BCUT2D eigenvalue weighted by molar-refractivity contribution is -0.132. The summed E-state index contributed by atoms with van der Waals surface area (Å²) in [5.74, 6) is 1.18. The molecule has 0 aliphatic carbocycles. The highest BCUT2D eigenvalue weighted by atomic mass is 16.5. The highest BCUT2D eigenvalue weighted by molar-refractivity contribution is 5.79. The summed E-state index contributed by atoms with van der Waals surface area (Å²) in [5, 5.41) is 3.03. The average Bonchev–Trinajstić information content (AvgIpc) is 2.81. The minimum absolute atomic E-state index is 0.0128. The van der Waals surface area contributed by atoms with E-state index in [2.05, 4.69) is 5.32 Å². The summed E-state index contributed by atoms with van der Waals surface area (Å²) in [5.41, 5.74) is 0. The van der Waals surface area contributed by atoms with Gasteiger partial charge in [0.25, 0.3) is 5.91 Å². The van der Waals surface area contributed by atoms with Crippen molar-refractivity contribution in [2.45, 2.75) is 25.3 Å². The first-order valence-corrected chi connectivity index (χ1v) is 7.47. The maximum Gasteiger partial charge on any atom is 0.260 e. The Morgan fingerprint density at radius 3 is 2.90 bits per heavy atom. The lowest BCUT2D eigenvalue weighted by Crippen LogP contribution is -2.40. The van der Waals surface area contributed by atoms with Crippen LogP contribution in [-0.4, -0.2) is 42.5 Å². The third kappa shape index (κ3) is 3.35. The fourth-order valence-corrected chi connectivity index (χ4v) is 3.09. The van der Waals surface area contributed by atoms with Crippen molar-refractivity contribution in [3.8, 4) is 5.75 Å². The zero-order valence-corrected chi connectivity index (χ0v) is 12.0. The number of hydrogen-bond donors (Lipinski definition) is 1. The van der Waals surface area contributed by atoms with Crippen LogP contribution < -0.4 is 10.1 Å². The van der Waals surface area contributed by atoms with E-state index in [0.717, 1.165) is 19.4 Å². The van der Waals surface area contributed by atoms with Crippen LogP contribution in [0.2, 0.25) is 0 Å². The van der Waals surface area contributed by atoms with E-state index in [9.17, 15) is 9.59 Å². The molecule has 0 saturated carbocycles. The topological polar surface area (TPSA) is 58.6 Å². The van der Waals surface area contributed by atoms with Gasteiger partial charge in [-0.1, -0.05) is 18.2 Å². The van der Waals surface area contributed by atoms with Gasteiger partial charge >= 0.3 is 0 Å². The van der Waals surface area contributed by atoms with Crippen molar-refractivity contribution < 1.29 is 14.3 Å². The van der Waals surface area contributed by atoms with E-state index in [4.69, 9.17) is 4.74 Å². The van der Waals surface area contributed by atoms with Crippen molar-refractivity contribution in [2.75, 3.05) is 19.7 Å². The molecule has 2 aliphatic heterocycles. The van der Waals surface area contributed by atoms with Gasteiger partial charge in [0.1, 0.15) is 5.75 Å². The molecule has 5 nitrogen and oxygen atoms in total. The molecule has 2 heterocycles. The van der Waals surface area contributed by atoms with Crippen molar-refractivity contribution in [1.82, 2.24) is 10.2 Å². The van der Waals surface area contributed by atoms with Crippen LogP contribution in [0.3, 0.4) is 0 Å². The Hall–Kier alpha value is -2.04. The lowest BCUT2D eigenvalue weighted by Gasteiger charge is -2.17. The second-order valence-electron chi connectivity index (χ2n) is 5.73. The van der Waals surface area contributed by atoms with E-state index >= 15 is 0 Å². The molecule has 21 heavy (non-hydrogen) atoms. The molecule has 1 N–H and O–H groups in total. The number of benzene rings is 1. The van der Waals surface area contributed by atoms with Gasteiger partial charge in [-0.3, -0.25) is 9.59 Å². The monoisotopic (exact) mass is 288 g/mol. The quantitative estimate of drug-likeness (QED) is 0.909. The van der Waals surface area contributed by atoms with Gasteiger partial charge in [-0.05, 0) is 30.9 Å². The average molecular weight is 288 g/mol. The van der Waals surface area contributed by atoms with Crippen LogP contribution in [0.15, 0.2) is 30.3 Å². The van der Waals surface area contributed by atoms with Crippen molar-refractivity contribution in [3.05, 3.63) is 30.3 Å². The predicted octanol–water partition coefficient (Wildman–Crippen LogP) is 1.19. The summed E-state index contributed by atoms with van der Waals surface area (Å²) in [6.07, 6.45) is 2.53. The van der Waals surface area contributed by atoms with Crippen LogP contribution in [-0.2, 0) is 9.59 Å². The summed E-state index contributed by atoms with van der Waals surface area (Å²) in [4.78, 5) is 25.6. The molecule has 0 bridgehead atoms. The minimum atomic E-state index is -0.0128. The molecule has 2 atom stereocenters. The second kappa shape index (κ2) is 6.16. The van der Waals surface area contributed by atoms with Crippen LogP contribution in [0.1, 0.15) is 19.3 Å². The number of nitrogens with one attached hydrogen (secondary N) is 1. The molecular weight excluding hydrogens is 268 g/mol. The highest BCUT2D eigenvalue weighted by Gasteiger charge is 2.37. The number of para-hydroxylation sites is 1. The van der Waals surface area contributed by atoms with Gasteiger partial charge in [0.2, 0.25) is 5.91 Å². The predicted molar refractivity (Wildman–Crippen MR) is 77.8 cm³/mol. The largest absolute Gasteiger partial charge is 0.484 e. The first-order chi connectivity index (χ1) is 10.2. The number of hydrogen-bond acceptors (Lipinski definition) is 3. The molecule has 0 aromatic heterocycles. The Kier molecular flexibility index (Phi) is 4.08. The lowest BCUT2D eigenvalue weighted by atomic mass is 9.99. The zero-order chi connectivity index (χ0) is 14.7. The number of likely N-dealkylation sites (tertiary alicyclic amines) is 1. The van der Waals surface area contributed by atoms with Gasteiger partial charge in [-0.15, -0.1) is 0 Å². The van der Waals surface area contributed by atoms with Gasteiger partial charge in [-0.2, -0.15) is 0 Å². The number of fused-ring (bicyclic) bond motifs is 1. The molecule has 2 aliphatic rings. The van der Waals surface area contributed by atoms with Gasteiger partial charge in [0.05, 0.1) is 6.04 Å². The maximum atomic E-state index is 12.2. The molecule has 3 rings (SSSR count). The fourth-order valence-electron chi connectivity index (χ4n) is 3.09. The second-order valence-corrected chi connectivity index (χ2v) is 5.73. The van der Waals surface area contributed by atoms with E-state index in [0.29, 0.717) is 24.6 Å². The van der Waals surface area contributed by atoms with Crippen LogP contribution in [0.4, 0.5) is 0 Å². The van der Waals surface area contributed by atoms with Crippen LogP contribution in [0, 0.1) is 5.92 Å². The van der Waals surface area contributed by atoms with E-state index in [1.54, 1.807) is 0 Å². The van der Waals surface area contributed by atoms with Gasteiger partial charge in [0, 0.05) is 19.5 Å². The molecule has 0 radical (unpaired) electrons. The van der Waals surface area contributed by atoms with Gasteiger partial charge in [0.15, 0.2) is 6.61 Å². The number of carbonyl (C=O) groups excluding carboxylic acids is 2. The Bertz CT molecular complexity index is 518. The minimum Gasteiger partial charge on any atom is -0.484 e. The van der Waals surface area contributed by atoms with Crippen LogP contribution in [0.25, 0.3) is 0 Å². The van der Waals surface area contributed by atoms with Crippen molar-refractivity contribution in [2.24, 2.45) is 5.92 Å². The van der Waals surface area contributed by atoms with Gasteiger partial charge in [-0.25, -0.2) is 0 Å². The highest BCUT2D eigenvalue weighted by Crippen LogP contribution is 2.25. The Balaban J connectivity index is 1.53. The standard InChI is InChI=1S/C16H20N2O3/c19-15-8-4-5-12-9-18(10-14(12)17-15)16(20)11-21-13-6-2-1-3-7-13/h1-3,6-7,12,14H,4-5,8-11H2,(H,17,19)/t12-,14+/m1/s1. The number of carbonyl (C=O) groups is 2. The fraction of sp³-hybridized carbons (Fsp3) is 0.500. The van der Waals surface area contributed by atoms with E-state index in [-0.39, 0.29) is 24.5 Å². The summed E-state index contributed by atoms with van der Waals surface area (Å²) >= 11 is 0. The summed E-state index contributed by atoms with van der Waals surface area (Å²) in [7, 11) is 0. The molecule has 2 amide bonds. The zero-order valence-electron chi connectivity index (χ0n) is 12.0. The molecule has 0 unspecified atom stereocenters. The van der Waals surface area contributed by atoms with E-state index in [1.165, 1.54) is 0 Å². The normalized spacial score (nSPS) is 25.0. The first-order valence-electron chi connectivity index (χ1n) is 7.47. The smallest absolute Gasteiger partial charge is 0.260 e. The first kappa shape index (κ1) is 13.9. The Labute approximate surface area is 124 Å². The molecule has 5 heteroatoms. The molecule has 112 valence electrons. The van der Waals surface area contributed by atoms with Crippen LogP contribution >= 0.6 is 0 Å². The van der Waals surface area contributed by atoms with Crippen molar-refractivity contribution >= 4 is 11.8 Å². The molecule has 2 saturated heterocycles. The molecule has 1 aromatic carbocycles. The molecule has 1 aromatic rings. The number of ether oxygens (including phenoxy) is 1. The van der Waals surface area contributed by atoms with Gasteiger partial charge < -0.3 is 15.0 Å². The molecule has 0 spiro atoms. The third-order valence-electron chi connectivity index (χ3n) is 4.22. The Morgan fingerprint density at radius 1 is 1.29 bits per heavy atom. The SMILES string of the molecule is O=C1CCC[C@@H]2CN(C(=O)COc3ccccc3)C[C@@H]2N1. The third-order valence-corrected chi connectivity index (χ3v) is 4.22. The number of amides is 2. The van der Waals surface area contributed by atoms with E-state index < -0.39 is 0 Å².